The lowest BCUT2D eigenvalue weighted by Crippen LogP contribution is -1.91. The van der Waals surface area contributed by atoms with Crippen LogP contribution in [0.4, 0.5) is 0 Å². The molecule has 246 valence electrons. The van der Waals surface area contributed by atoms with Gasteiger partial charge in [0.05, 0.1) is 33.6 Å². The lowest BCUT2D eigenvalue weighted by molar-refractivity contribution is 0.673. The van der Waals surface area contributed by atoms with Gasteiger partial charge in [-0.25, -0.2) is 15.0 Å². The number of nitrogens with zero attached hydrogens (tertiary/aromatic N) is 3. The highest BCUT2D eigenvalue weighted by Crippen LogP contribution is 2.41. The highest BCUT2D eigenvalue weighted by Gasteiger charge is 2.18. The van der Waals surface area contributed by atoms with E-state index >= 15 is 0 Å². The number of fused-ring (bicyclic) bond motifs is 10. The molecule has 11 rings (SSSR count). The summed E-state index contributed by atoms with van der Waals surface area (Å²) in [6, 6.07) is 61.3. The average molecular weight is 676 g/mol. The first kappa shape index (κ1) is 29.5. The summed E-state index contributed by atoms with van der Waals surface area (Å²) >= 11 is 0. The van der Waals surface area contributed by atoms with Gasteiger partial charge in [-0.3, -0.25) is 0 Å². The number of pyridine rings is 3. The summed E-state index contributed by atoms with van der Waals surface area (Å²) in [6.45, 7) is 0. The molecule has 53 heavy (non-hydrogen) atoms. The Kier molecular flexibility index (Phi) is 6.52. The Bertz CT molecular complexity index is 3200. The molecule has 4 heteroatoms. The SMILES string of the molecule is c1ccc(-c2ccc3ccc4ccc(-c5ccc(-c6ccc7oc8c(ccc9c(-c%10ccccc%10)nc%10ccccc%10c98)c7c6)cc5)nc4c3n2)cc1. The van der Waals surface area contributed by atoms with Crippen LogP contribution in [0.25, 0.3) is 110 Å². The Balaban J connectivity index is 0.997. The summed E-state index contributed by atoms with van der Waals surface area (Å²) < 4.78 is 6.69. The minimum Gasteiger partial charge on any atom is -0.455 e. The van der Waals surface area contributed by atoms with Crippen LogP contribution in [0.3, 0.4) is 0 Å². The maximum absolute atomic E-state index is 6.69. The molecule has 4 aromatic heterocycles. The van der Waals surface area contributed by atoms with Crippen LogP contribution in [0, 0.1) is 0 Å². The maximum atomic E-state index is 6.69. The smallest absolute Gasteiger partial charge is 0.144 e. The normalized spacial score (nSPS) is 11.8. The first-order valence-electron chi connectivity index (χ1n) is 17.9. The zero-order chi connectivity index (χ0) is 34.9. The second-order valence-corrected chi connectivity index (χ2v) is 13.6. The van der Waals surface area contributed by atoms with Crippen LogP contribution in [0.1, 0.15) is 0 Å². The summed E-state index contributed by atoms with van der Waals surface area (Å²) in [4.78, 5) is 15.4. The van der Waals surface area contributed by atoms with Crippen molar-refractivity contribution in [3.8, 4) is 44.9 Å². The van der Waals surface area contributed by atoms with Gasteiger partial charge >= 0.3 is 0 Å². The lowest BCUT2D eigenvalue weighted by atomic mass is 9.97. The van der Waals surface area contributed by atoms with Crippen LogP contribution >= 0.6 is 0 Å². The molecule has 0 aliphatic rings. The van der Waals surface area contributed by atoms with Gasteiger partial charge in [-0.05, 0) is 47.5 Å². The van der Waals surface area contributed by atoms with Crippen molar-refractivity contribution in [2.75, 3.05) is 0 Å². The summed E-state index contributed by atoms with van der Waals surface area (Å²) in [6.07, 6.45) is 0. The third-order valence-corrected chi connectivity index (χ3v) is 10.5. The molecule has 0 radical (unpaired) electrons. The Morgan fingerprint density at radius 2 is 0.925 bits per heavy atom. The van der Waals surface area contributed by atoms with E-state index in [1.54, 1.807) is 0 Å². The summed E-state index contributed by atoms with van der Waals surface area (Å²) in [5.41, 5.74) is 12.9. The monoisotopic (exact) mass is 675 g/mol. The first-order valence-corrected chi connectivity index (χ1v) is 17.9. The largest absolute Gasteiger partial charge is 0.455 e. The first-order chi connectivity index (χ1) is 26.2. The van der Waals surface area contributed by atoms with Gasteiger partial charge in [0, 0.05) is 54.4 Å². The standard InChI is InChI=1S/C49H29N3O/c1-3-9-31(10-4-1)41-26-21-34-19-20-35-22-27-42(51-48(35)47(34)50-41)32-17-15-30(16-18-32)36-23-28-44-40(29-36)37-24-25-39-45(49(37)53-44)38-13-7-8-14-43(38)52-46(39)33-11-5-2-6-12-33/h1-29H. The molecule has 0 saturated carbocycles. The Morgan fingerprint density at radius 3 is 1.64 bits per heavy atom. The minimum atomic E-state index is 0.867. The van der Waals surface area contributed by atoms with Crippen molar-refractivity contribution in [2.24, 2.45) is 0 Å². The van der Waals surface area contributed by atoms with E-state index in [1.807, 2.05) is 30.3 Å². The summed E-state index contributed by atoms with van der Waals surface area (Å²) in [7, 11) is 0. The molecule has 0 fully saturated rings. The van der Waals surface area contributed by atoms with Crippen LogP contribution in [-0.4, -0.2) is 15.0 Å². The van der Waals surface area contributed by atoms with E-state index in [4.69, 9.17) is 19.4 Å². The number of para-hydroxylation sites is 1. The molecule has 0 atom stereocenters. The number of hydrogen-bond donors (Lipinski definition) is 0. The summed E-state index contributed by atoms with van der Waals surface area (Å²) in [5.74, 6) is 0. The molecule has 0 aliphatic heterocycles. The third kappa shape index (κ3) is 4.80. The highest BCUT2D eigenvalue weighted by atomic mass is 16.3. The minimum absolute atomic E-state index is 0.867. The molecule has 11 aromatic rings. The van der Waals surface area contributed by atoms with E-state index in [1.165, 1.54) is 0 Å². The molecule has 4 heterocycles. The van der Waals surface area contributed by atoms with Gasteiger partial charge in [0.15, 0.2) is 0 Å². The molecule has 4 nitrogen and oxygen atoms in total. The highest BCUT2D eigenvalue weighted by molar-refractivity contribution is 6.25. The number of rotatable bonds is 4. The average Bonchev–Trinajstić information content (AvgIpc) is 3.62. The van der Waals surface area contributed by atoms with Crippen molar-refractivity contribution < 1.29 is 4.42 Å². The number of hydrogen-bond acceptors (Lipinski definition) is 4. The van der Waals surface area contributed by atoms with Crippen molar-refractivity contribution >= 4 is 65.4 Å². The zero-order valence-electron chi connectivity index (χ0n) is 28.5. The number of furan rings is 1. The fourth-order valence-corrected chi connectivity index (χ4v) is 7.80. The van der Waals surface area contributed by atoms with E-state index in [0.717, 1.165) is 110 Å². The molecule has 0 spiro atoms. The lowest BCUT2D eigenvalue weighted by Gasteiger charge is -2.10. The Hall–Kier alpha value is -7.17. The molecule has 0 saturated heterocycles. The Morgan fingerprint density at radius 1 is 0.358 bits per heavy atom. The topological polar surface area (TPSA) is 51.8 Å². The van der Waals surface area contributed by atoms with Crippen LogP contribution < -0.4 is 0 Å². The molecule has 7 aromatic carbocycles. The van der Waals surface area contributed by atoms with Crippen molar-refractivity contribution in [1.29, 1.82) is 0 Å². The van der Waals surface area contributed by atoms with Crippen LogP contribution in [0.15, 0.2) is 180 Å². The number of benzene rings is 7. The molecule has 0 amide bonds. The predicted molar refractivity (Wildman–Crippen MR) is 219 cm³/mol. The van der Waals surface area contributed by atoms with Crippen molar-refractivity contribution in [2.45, 2.75) is 0 Å². The number of aromatic nitrogens is 3. The molecular formula is C49H29N3O. The molecule has 0 N–H and O–H groups in total. The van der Waals surface area contributed by atoms with Gasteiger partial charge in [-0.15, -0.1) is 0 Å². The Labute approximate surface area is 304 Å². The van der Waals surface area contributed by atoms with Gasteiger partial charge in [-0.1, -0.05) is 140 Å². The quantitative estimate of drug-likeness (QED) is 0.174. The van der Waals surface area contributed by atoms with E-state index in [0.29, 0.717) is 0 Å². The van der Waals surface area contributed by atoms with Crippen molar-refractivity contribution in [3.63, 3.8) is 0 Å². The van der Waals surface area contributed by atoms with Crippen molar-refractivity contribution in [3.05, 3.63) is 176 Å². The maximum Gasteiger partial charge on any atom is 0.144 e. The van der Waals surface area contributed by atoms with E-state index in [2.05, 4.69) is 146 Å². The van der Waals surface area contributed by atoms with E-state index in [9.17, 15) is 0 Å². The zero-order valence-corrected chi connectivity index (χ0v) is 28.5. The van der Waals surface area contributed by atoms with Crippen LogP contribution in [0.2, 0.25) is 0 Å². The molecule has 0 unspecified atom stereocenters. The predicted octanol–water partition coefficient (Wildman–Crippen LogP) is 13.1. The second-order valence-electron chi connectivity index (χ2n) is 13.6. The third-order valence-electron chi connectivity index (χ3n) is 10.5. The van der Waals surface area contributed by atoms with Crippen molar-refractivity contribution in [1.82, 2.24) is 15.0 Å². The molecular weight excluding hydrogens is 647 g/mol. The summed E-state index contributed by atoms with van der Waals surface area (Å²) in [5, 5.41) is 7.61. The van der Waals surface area contributed by atoms with Gasteiger partial charge in [0.1, 0.15) is 11.2 Å². The molecule has 0 aliphatic carbocycles. The second kappa shape index (κ2) is 11.7. The van der Waals surface area contributed by atoms with Crippen LogP contribution in [-0.2, 0) is 0 Å². The van der Waals surface area contributed by atoms with E-state index in [-0.39, 0.29) is 0 Å². The van der Waals surface area contributed by atoms with E-state index < -0.39 is 0 Å². The fraction of sp³-hybridized carbons (Fsp3) is 0. The molecule has 0 bridgehead atoms. The van der Waals surface area contributed by atoms with Gasteiger partial charge < -0.3 is 4.42 Å². The fourth-order valence-electron chi connectivity index (χ4n) is 7.80. The van der Waals surface area contributed by atoms with Gasteiger partial charge in [0.2, 0.25) is 0 Å². The van der Waals surface area contributed by atoms with Gasteiger partial charge in [0.25, 0.3) is 0 Å². The van der Waals surface area contributed by atoms with Gasteiger partial charge in [-0.2, -0.15) is 0 Å². The van der Waals surface area contributed by atoms with Crippen LogP contribution in [0.5, 0.6) is 0 Å².